The molecule has 4 heteroatoms. The molecule has 0 radical (unpaired) electrons. The fraction of sp³-hybridized carbons (Fsp3) is 0.143. The highest BCUT2D eigenvalue weighted by Gasteiger charge is 2.13. The molecule has 1 aromatic carbocycles. The van der Waals surface area contributed by atoms with Gasteiger partial charge < -0.3 is 5.73 Å². The van der Waals surface area contributed by atoms with E-state index in [1.54, 1.807) is 18.2 Å². The number of aryl methyl sites for hydroxylation is 1. The first kappa shape index (κ1) is 12.6. The SMILES string of the molecule is CCc1ccc(C(=O)c2cc(Cl)cnc2N)cc1. The van der Waals surface area contributed by atoms with Crippen molar-refractivity contribution < 1.29 is 4.79 Å². The van der Waals surface area contributed by atoms with Gasteiger partial charge >= 0.3 is 0 Å². The summed E-state index contributed by atoms with van der Waals surface area (Å²) < 4.78 is 0. The summed E-state index contributed by atoms with van der Waals surface area (Å²) in [4.78, 5) is 16.1. The largest absolute Gasteiger partial charge is 0.383 e. The summed E-state index contributed by atoms with van der Waals surface area (Å²) >= 11 is 5.83. The van der Waals surface area contributed by atoms with Crippen LogP contribution in [0.25, 0.3) is 0 Å². The van der Waals surface area contributed by atoms with Gasteiger partial charge in [-0.25, -0.2) is 4.98 Å². The number of nitrogens with zero attached hydrogens (tertiary/aromatic N) is 1. The Morgan fingerprint density at radius 3 is 2.61 bits per heavy atom. The van der Waals surface area contributed by atoms with Gasteiger partial charge in [0.15, 0.2) is 5.78 Å². The maximum atomic E-state index is 12.2. The highest BCUT2D eigenvalue weighted by atomic mass is 35.5. The van der Waals surface area contributed by atoms with Gasteiger partial charge in [0.25, 0.3) is 0 Å². The van der Waals surface area contributed by atoms with Crippen LogP contribution < -0.4 is 5.73 Å². The maximum Gasteiger partial charge on any atom is 0.196 e. The average Bonchev–Trinajstić information content (AvgIpc) is 2.41. The summed E-state index contributed by atoms with van der Waals surface area (Å²) in [6.45, 7) is 2.07. The second-order valence-electron chi connectivity index (χ2n) is 3.97. The third kappa shape index (κ3) is 2.51. The molecule has 2 N–H and O–H groups in total. The lowest BCUT2D eigenvalue weighted by molar-refractivity contribution is 0.103. The molecule has 18 heavy (non-hydrogen) atoms. The molecule has 0 fully saturated rings. The standard InChI is InChI=1S/C14H13ClN2O/c1-2-9-3-5-10(6-4-9)13(18)12-7-11(15)8-17-14(12)16/h3-8H,2H2,1H3,(H2,16,17). The molecule has 2 rings (SSSR count). The number of carbonyl (C=O) groups excluding carboxylic acids is 1. The van der Waals surface area contributed by atoms with Crippen molar-refractivity contribution in [3.8, 4) is 0 Å². The number of hydrogen-bond donors (Lipinski definition) is 1. The third-order valence-corrected chi connectivity index (χ3v) is 2.96. The van der Waals surface area contributed by atoms with Gasteiger partial charge in [0.05, 0.1) is 10.6 Å². The van der Waals surface area contributed by atoms with E-state index in [0.717, 1.165) is 6.42 Å². The molecule has 0 saturated carbocycles. The zero-order valence-corrected chi connectivity index (χ0v) is 10.7. The molecule has 1 heterocycles. The van der Waals surface area contributed by atoms with Crippen LogP contribution in [-0.4, -0.2) is 10.8 Å². The minimum Gasteiger partial charge on any atom is -0.383 e. The molecule has 3 nitrogen and oxygen atoms in total. The molecule has 0 atom stereocenters. The van der Waals surface area contributed by atoms with E-state index in [0.29, 0.717) is 16.1 Å². The highest BCUT2D eigenvalue weighted by Crippen LogP contribution is 2.19. The van der Waals surface area contributed by atoms with E-state index in [1.807, 2.05) is 12.1 Å². The Balaban J connectivity index is 2.38. The number of hydrogen-bond acceptors (Lipinski definition) is 3. The van der Waals surface area contributed by atoms with Gasteiger partial charge in [-0.2, -0.15) is 0 Å². The van der Waals surface area contributed by atoms with E-state index in [2.05, 4.69) is 11.9 Å². The summed E-state index contributed by atoms with van der Waals surface area (Å²) in [5.41, 5.74) is 7.80. The quantitative estimate of drug-likeness (QED) is 0.863. The van der Waals surface area contributed by atoms with Crippen molar-refractivity contribution in [2.45, 2.75) is 13.3 Å². The topological polar surface area (TPSA) is 56.0 Å². The average molecular weight is 261 g/mol. The smallest absolute Gasteiger partial charge is 0.196 e. The molecule has 0 aliphatic rings. The van der Waals surface area contributed by atoms with Crippen molar-refractivity contribution >= 4 is 23.2 Å². The number of ketones is 1. The number of benzene rings is 1. The van der Waals surface area contributed by atoms with Crippen LogP contribution in [0.2, 0.25) is 5.02 Å². The van der Waals surface area contributed by atoms with Gasteiger partial charge in [-0.05, 0) is 18.1 Å². The number of aromatic nitrogens is 1. The van der Waals surface area contributed by atoms with Crippen LogP contribution >= 0.6 is 11.6 Å². The first-order valence-corrected chi connectivity index (χ1v) is 6.04. The summed E-state index contributed by atoms with van der Waals surface area (Å²) in [6, 6.07) is 8.99. The number of carbonyl (C=O) groups is 1. The summed E-state index contributed by atoms with van der Waals surface area (Å²) in [7, 11) is 0. The molecule has 0 spiro atoms. The second kappa shape index (κ2) is 5.19. The Bertz CT molecular complexity index is 579. The van der Waals surface area contributed by atoms with Gasteiger partial charge in [-0.3, -0.25) is 4.79 Å². The van der Waals surface area contributed by atoms with Gasteiger partial charge in [-0.1, -0.05) is 42.8 Å². The molecule has 0 aliphatic carbocycles. The second-order valence-corrected chi connectivity index (χ2v) is 4.40. The third-order valence-electron chi connectivity index (χ3n) is 2.75. The van der Waals surface area contributed by atoms with Crippen LogP contribution in [0.4, 0.5) is 5.82 Å². The van der Waals surface area contributed by atoms with Crippen molar-refractivity contribution in [1.82, 2.24) is 4.98 Å². The molecule has 0 unspecified atom stereocenters. The molecular weight excluding hydrogens is 248 g/mol. The minimum atomic E-state index is -0.162. The number of pyridine rings is 1. The molecular formula is C14H13ClN2O. The number of nitrogens with two attached hydrogens (primary N) is 1. The Hall–Kier alpha value is -1.87. The first-order chi connectivity index (χ1) is 8.61. The monoisotopic (exact) mass is 260 g/mol. The van der Waals surface area contributed by atoms with Gasteiger partial charge in [0.2, 0.25) is 0 Å². The van der Waals surface area contributed by atoms with E-state index >= 15 is 0 Å². The predicted octanol–water partition coefficient (Wildman–Crippen LogP) is 3.11. The van der Waals surface area contributed by atoms with Crippen LogP contribution in [0.1, 0.15) is 28.4 Å². The molecule has 2 aromatic rings. The van der Waals surface area contributed by atoms with Crippen molar-refractivity contribution in [2.24, 2.45) is 0 Å². The van der Waals surface area contributed by atoms with E-state index in [4.69, 9.17) is 17.3 Å². The summed E-state index contributed by atoms with van der Waals surface area (Å²) in [5, 5.41) is 0.401. The predicted molar refractivity (Wildman–Crippen MR) is 72.9 cm³/mol. The zero-order chi connectivity index (χ0) is 13.1. The number of anilines is 1. The van der Waals surface area contributed by atoms with E-state index in [-0.39, 0.29) is 11.6 Å². The normalized spacial score (nSPS) is 10.3. The van der Waals surface area contributed by atoms with Crippen LogP contribution in [0.5, 0.6) is 0 Å². The zero-order valence-electron chi connectivity index (χ0n) is 9.98. The van der Waals surface area contributed by atoms with Crippen molar-refractivity contribution in [2.75, 3.05) is 5.73 Å². The van der Waals surface area contributed by atoms with Crippen molar-refractivity contribution in [1.29, 1.82) is 0 Å². The lowest BCUT2D eigenvalue weighted by Gasteiger charge is -2.05. The molecule has 1 aromatic heterocycles. The molecule has 0 saturated heterocycles. The van der Waals surface area contributed by atoms with Gasteiger partial charge in [0.1, 0.15) is 5.82 Å². The minimum absolute atomic E-state index is 0.162. The van der Waals surface area contributed by atoms with E-state index in [1.165, 1.54) is 11.8 Å². The van der Waals surface area contributed by atoms with E-state index in [9.17, 15) is 4.79 Å². The van der Waals surface area contributed by atoms with Crippen molar-refractivity contribution in [3.63, 3.8) is 0 Å². The van der Waals surface area contributed by atoms with Crippen LogP contribution in [0.3, 0.4) is 0 Å². The summed E-state index contributed by atoms with van der Waals surface area (Å²) in [6.07, 6.45) is 2.36. The molecule has 0 bridgehead atoms. The van der Waals surface area contributed by atoms with E-state index < -0.39 is 0 Å². The van der Waals surface area contributed by atoms with Crippen molar-refractivity contribution in [3.05, 3.63) is 58.2 Å². The van der Waals surface area contributed by atoms with Crippen LogP contribution in [-0.2, 0) is 6.42 Å². The first-order valence-electron chi connectivity index (χ1n) is 5.66. The molecule has 0 amide bonds. The highest BCUT2D eigenvalue weighted by molar-refractivity contribution is 6.31. The van der Waals surface area contributed by atoms with Gasteiger partial charge in [-0.15, -0.1) is 0 Å². The fourth-order valence-electron chi connectivity index (χ4n) is 1.68. The Kier molecular flexibility index (Phi) is 3.63. The molecule has 0 aliphatic heterocycles. The molecule has 92 valence electrons. The fourth-order valence-corrected chi connectivity index (χ4v) is 1.84. The van der Waals surface area contributed by atoms with Gasteiger partial charge in [0, 0.05) is 11.8 Å². The summed E-state index contributed by atoms with van der Waals surface area (Å²) in [5.74, 6) is 0.0362. The lowest BCUT2D eigenvalue weighted by Crippen LogP contribution is -2.07. The Morgan fingerprint density at radius 2 is 2.00 bits per heavy atom. The Labute approximate surface area is 111 Å². The van der Waals surface area contributed by atoms with Crippen LogP contribution in [0.15, 0.2) is 36.5 Å². The number of halogens is 1. The number of rotatable bonds is 3. The lowest BCUT2D eigenvalue weighted by atomic mass is 10.0. The maximum absolute atomic E-state index is 12.2. The number of nitrogen functional groups attached to an aromatic ring is 1. The Morgan fingerprint density at radius 1 is 1.33 bits per heavy atom. The van der Waals surface area contributed by atoms with Crippen LogP contribution in [0, 0.1) is 0 Å².